The third-order valence-corrected chi connectivity index (χ3v) is 4.77. The van der Waals surface area contributed by atoms with Crippen molar-refractivity contribution < 1.29 is 4.39 Å². The number of aromatic nitrogens is 1. The molecule has 1 aliphatic rings. The van der Waals surface area contributed by atoms with Gasteiger partial charge in [-0.15, -0.1) is 0 Å². The van der Waals surface area contributed by atoms with Crippen molar-refractivity contribution in [3.05, 3.63) is 59.5 Å². The molecule has 1 aromatic carbocycles. The van der Waals surface area contributed by atoms with Gasteiger partial charge in [-0.3, -0.25) is 0 Å². The summed E-state index contributed by atoms with van der Waals surface area (Å²) in [7, 11) is 0. The molecule has 0 saturated heterocycles. The lowest BCUT2D eigenvalue weighted by Gasteiger charge is -2.18. The molecule has 1 aliphatic heterocycles. The molecule has 0 fully saturated rings. The van der Waals surface area contributed by atoms with Gasteiger partial charge in [0.1, 0.15) is 11.6 Å². The van der Waals surface area contributed by atoms with Gasteiger partial charge in [0.25, 0.3) is 0 Å². The van der Waals surface area contributed by atoms with Crippen molar-refractivity contribution in [1.29, 1.82) is 0 Å². The smallest absolute Gasteiger partial charge is 0.126 e. The predicted molar refractivity (Wildman–Crippen MR) is 106 cm³/mol. The molecule has 2 N–H and O–H groups in total. The van der Waals surface area contributed by atoms with Crippen LogP contribution >= 0.6 is 12.2 Å². The Kier molecular flexibility index (Phi) is 5.13. The Bertz CT molecular complexity index is 812. The number of pyridine rings is 1. The minimum Gasteiger partial charge on any atom is -0.367 e. The fourth-order valence-electron chi connectivity index (χ4n) is 2.72. The summed E-state index contributed by atoms with van der Waals surface area (Å²) in [5.74, 6) is 1.11. The molecule has 0 radical (unpaired) electrons. The molecule has 130 valence electrons. The molecule has 1 atom stereocenters. The highest BCUT2D eigenvalue weighted by Gasteiger charge is 2.21. The maximum atomic E-state index is 13.2. The van der Waals surface area contributed by atoms with Gasteiger partial charge in [0, 0.05) is 24.2 Å². The van der Waals surface area contributed by atoms with Gasteiger partial charge in [-0.2, -0.15) is 0 Å². The summed E-state index contributed by atoms with van der Waals surface area (Å²) in [6, 6.07) is 10.9. The van der Waals surface area contributed by atoms with Crippen LogP contribution in [0.1, 0.15) is 38.3 Å². The van der Waals surface area contributed by atoms with Crippen molar-refractivity contribution in [3.63, 3.8) is 0 Å². The average molecular weight is 355 g/mol. The van der Waals surface area contributed by atoms with Crippen LogP contribution < -0.4 is 10.6 Å². The van der Waals surface area contributed by atoms with E-state index in [0.717, 1.165) is 33.2 Å². The first-order valence-electron chi connectivity index (χ1n) is 8.46. The Hall–Kier alpha value is -2.27. The maximum Gasteiger partial charge on any atom is 0.126 e. The van der Waals surface area contributed by atoms with E-state index < -0.39 is 0 Å². The van der Waals surface area contributed by atoms with Gasteiger partial charge in [-0.25, -0.2) is 9.37 Å². The van der Waals surface area contributed by atoms with Crippen molar-refractivity contribution in [3.8, 4) is 0 Å². The Morgan fingerprint density at radius 1 is 1.12 bits per heavy atom. The third-order valence-electron chi connectivity index (χ3n) is 4.52. The van der Waals surface area contributed by atoms with Crippen LogP contribution in [-0.2, 0) is 0 Å². The van der Waals surface area contributed by atoms with Crippen LogP contribution in [0.25, 0.3) is 11.3 Å². The number of rotatable bonds is 5. The minimum absolute atomic E-state index is 0.238. The Balaban J connectivity index is 1.96. The molecule has 0 aliphatic carbocycles. The molecule has 0 saturated carbocycles. The molecule has 25 heavy (non-hydrogen) atoms. The van der Waals surface area contributed by atoms with Crippen LogP contribution in [0, 0.1) is 11.7 Å². The van der Waals surface area contributed by atoms with Gasteiger partial charge in [-0.05, 0) is 48.2 Å². The minimum atomic E-state index is -0.238. The summed E-state index contributed by atoms with van der Waals surface area (Å²) in [5.41, 5.74) is 4.05. The van der Waals surface area contributed by atoms with Crippen LogP contribution in [0.3, 0.4) is 0 Å². The zero-order valence-corrected chi connectivity index (χ0v) is 15.5. The van der Waals surface area contributed by atoms with Crippen molar-refractivity contribution >= 4 is 34.3 Å². The largest absolute Gasteiger partial charge is 0.367 e. The molecule has 1 aromatic heterocycles. The Morgan fingerprint density at radius 2 is 1.84 bits per heavy atom. The lowest BCUT2D eigenvalue weighted by molar-refractivity contribution is 0.558. The molecule has 3 rings (SSSR count). The zero-order valence-electron chi connectivity index (χ0n) is 14.6. The molecular weight excluding hydrogens is 333 g/mol. The Labute approximate surface area is 153 Å². The molecule has 3 nitrogen and oxygen atoms in total. The number of benzene rings is 1. The summed E-state index contributed by atoms with van der Waals surface area (Å²) >= 11 is 5.38. The summed E-state index contributed by atoms with van der Waals surface area (Å²) in [4.78, 5) is 5.19. The number of nitrogens with zero attached hydrogens (tertiary/aromatic N) is 1. The normalized spacial score (nSPS) is 15.5. The highest BCUT2D eigenvalue weighted by molar-refractivity contribution is 7.80. The lowest BCUT2D eigenvalue weighted by atomic mass is 10.00. The molecule has 1 unspecified atom stereocenters. The number of nitrogens with one attached hydrogen (secondary N) is 2. The van der Waals surface area contributed by atoms with Crippen LogP contribution in [0.2, 0.25) is 0 Å². The van der Waals surface area contributed by atoms with Crippen LogP contribution in [0.4, 0.5) is 10.2 Å². The van der Waals surface area contributed by atoms with Gasteiger partial charge in [0.15, 0.2) is 0 Å². The zero-order chi connectivity index (χ0) is 18.0. The van der Waals surface area contributed by atoms with Crippen molar-refractivity contribution in [2.24, 2.45) is 5.92 Å². The highest BCUT2D eigenvalue weighted by atomic mass is 32.1. The molecular formula is C20H22FN3S. The van der Waals surface area contributed by atoms with Crippen LogP contribution in [0.5, 0.6) is 0 Å². The molecule has 0 amide bonds. The quantitative estimate of drug-likeness (QED) is 0.751. The molecule has 5 heteroatoms. The van der Waals surface area contributed by atoms with E-state index in [1.165, 1.54) is 12.1 Å². The highest BCUT2D eigenvalue weighted by Crippen LogP contribution is 2.33. The van der Waals surface area contributed by atoms with E-state index >= 15 is 0 Å². The van der Waals surface area contributed by atoms with E-state index in [9.17, 15) is 4.39 Å². The van der Waals surface area contributed by atoms with Crippen LogP contribution in [-0.4, -0.2) is 16.0 Å². The topological polar surface area (TPSA) is 37.0 Å². The van der Waals surface area contributed by atoms with E-state index in [2.05, 4.69) is 36.4 Å². The number of hydrogen-bond acceptors (Lipinski definition) is 3. The summed E-state index contributed by atoms with van der Waals surface area (Å²) in [6.45, 7) is 6.49. The van der Waals surface area contributed by atoms with Crippen molar-refractivity contribution in [2.75, 3.05) is 5.32 Å². The van der Waals surface area contributed by atoms with Gasteiger partial charge in [0.2, 0.25) is 0 Å². The van der Waals surface area contributed by atoms with E-state index in [1.807, 2.05) is 12.1 Å². The second kappa shape index (κ2) is 7.31. The summed E-state index contributed by atoms with van der Waals surface area (Å²) in [5, 5.41) is 6.73. The van der Waals surface area contributed by atoms with Gasteiger partial charge < -0.3 is 10.6 Å². The van der Waals surface area contributed by atoms with Crippen molar-refractivity contribution in [1.82, 2.24) is 10.3 Å². The third kappa shape index (κ3) is 4.04. The van der Waals surface area contributed by atoms with E-state index in [-0.39, 0.29) is 5.82 Å². The van der Waals surface area contributed by atoms with E-state index in [0.29, 0.717) is 18.4 Å². The predicted octanol–water partition coefficient (Wildman–Crippen LogP) is 4.87. The van der Waals surface area contributed by atoms with E-state index in [4.69, 9.17) is 12.2 Å². The number of thiocarbonyl (C=S) groups is 1. The first-order chi connectivity index (χ1) is 11.9. The van der Waals surface area contributed by atoms with Gasteiger partial charge >= 0.3 is 0 Å². The van der Waals surface area contributed by atoms with Crippen molar-refractivity contribution in [2.45, 2.75) is 33.2 Å². The Morgan fingerprint density at radius 3 is 2.52 bits per heavy atom. The number of anilines is 1. The first kappa shape index (κ1) is 17.5. The molecule has 0 bridgehead atoms. The average Bonchev–Trinajstić information content (AvgIpc) is 2.97. The van der Waals surface area contributed by atoms with Gasteiger partial charge in [0.05, 0.1) is 10.7 Å². The number of halogens is 1. The molecule has 0 spiro atoms. The van der Waals surface area contributed by atoms with Crippen LogP contribution in [0.15, 0.2) is 42.6 Å². The van der Waals surface area contributed by atoms with Gasteiger partial charge in [-0.1, -0.05) is 38.2 Å². The second-order valence-electron chi connectivity index (χ2n) is 6.69. The maximum absolute atomic E-state index is 13.2. The fourth-order valence-corrected chi connectivity index (χ4v) is 2.96. The standard InChI is InChI=1S/C20H22FN3S/c1-12(2)13(3)23-18-10-15(8-9-22-18)20-17(11-19(25)24-20)14-4-6-16(21)7-5-14/h4-10,12-13H,11H2,1-3H3,(H,22,23)(H,24,25). The second-order valence-corrected chi connectivity index (χ2v) is 7.18. The summed E-state index contributed by atoms with van der Waals surface area (Å²) < 4.78 is 13.2. The molecule has 2 aromatic rings. The van der Waals surface area contributed by atoms with E-state index in [1.54, 1.807) is 18.3 Å². The first-order valence-corrected chi connectivity index (χ1v) is 8.87. The summed E-state index contributed by atoms with van der Waals surface area (Å²) in [6.07, 6.45) is 2.45. The molecule has 2 heterocycles. The number of hydrogen-bond donors (Lipinski definition) is 2. The fraction of sp³-hybridized carbons (Fsp3) is 0.300. The SMILES string of the molecule is CC(C)C(C)Nc1cc(C2=C(c3ccc(F)cc3)CC(=S)N2)ccn1. The lowest BCUT2D eigenvalue weighted by Crippen LogP contribution is -2.22. The monoisotopic (exact) mass is 355 g/mol.